The second-order valence-electron chi connectivity index (χ2n) is 6.22. The number of ether oxygens (including phenoxy) is 1. The number of rotatable bonds is 2. The first-order chi connectivity index (χ1) is 13.6. The molecule has 3 aromatic carbocycles. The van der Waals surface area contributed by atoms with Crippen LogP contribution < -0.4 is 59.1 Å². The molecular formula is C20H19Na2O8P. The number of phenols is 2. The van der Waals surface area contributed by atoms with Crippen LogP contribution in [0.5, 0.6) is 11.5 Å². The molecule has 11 heteroatoms. The van der Waals surface area contributed by atoms with Crippen LogP contribution in [0.2, 0.25) is 0 Å². The van der Waals surface area contributed by atoms with Crippen molar-refractivity contribution in [3.8, 4) is 11.5 Å². The summed E-state index contributed by atoms with van der Waals surface area (Å²) in [7, 11) is -4.64. The molecule has 31 heavy (non-hydrogen) atoms. The predicted octanol–water partition coefficient (Wildman–Crippen LogP) is -3.14. The third kappa shape index (κ3) is 6.43. The molecule has 0 spiro atoms. The van der Waals surface area contributed by atoms with Gasteiger partial charge in [0.25, 0.3) is 0 Å². The standard InChI is InChI=1S/C20H14O4.2Na.H3O4P.2H/c21-15-9-5-13(6-10-15)20(14-7-11-16(22)12-8-14)18-4-2-1-3-17(18)19(23)24-20;;;1-5(2,3)4;;/h1-12,21-22H;;;(H3,1,2,3,4);;/q;2*+1;;2*-1. The SMILES string of the molecule is O=C1OC(c2ccc(O)cc2)(c2ccc(O)cc2)c2ccccc21.O=P(O)(O)O.[H-].[H-].[Na+].[Na+]. The van der Waals surface area contributed by atoms with Crippen LogP contribution >= 0.6 is 7.82 Å². The van der Waals surface area contributed by atoms with Crippen LogP contribution in [0.4, 0.5) is 0 Å². The Bertz CT molecular complexity index is 1040. The summed E-state index contributed by atoms with van der Waals surface area (Å²) >= 11 is 0. The molecule has 154 valence electrons. The van der Waals surface area contributed by atoms with Crippen molar-refractivity contribution < 1.29 is 101 Å². The minimum atomic E-state index is -4.64. The average molecular weight is 464 g/mol. The number of esters is 1. The van der Waals surface area contributed by atoms with E-state index in [9.17, 15) is 15.0 Å². The zero-order chi connectivity index (χ0) is 21.2. The second kappa shape index (κ2) is 11.1. The van der Waals surface area contributed by atoms with Crippen LogP contribution in [0.25, 0.3) is 0 Å². The van der Waals surface area contributed by atoms with E-state index >= 15 is 0 Å². The molecule has 3 aromatic rings. The van der Waals surface area contributed by atoms with E-state index in [0.29, 0.717) is 5.56 Å². The van der Waals surface area contributed by atoms with E-state index in [2.05, 4.69) is 0 Å². The van der Waals surface area contributed by atoms with E-state index < -0.39 is 19.4 Å². The largest absolute Gasteiger partial charge is 1.00 e. The molecule has 0 aromatic heterocycles. The first-order valence-corrected chi connectivity index (χ1v) is 9.88. The topological polar surface area (TPSA) is 145 Å². The van der Waals surface area contributed by atoms with Gasteiger partial charge < -0.3 is 32.5 Å². The van der Waals surface area contributed by atoms with Crippen molar-refractivity contribution in [3.05, 3.63) is 95.1 Å². The van der Waals surface area contributed by atoms with Crippen molar-refractivity contribution in [2.45, 2.75) is 5.60 Å². The van der Waals surface area contributed by atoms with Crippen molar-refractivity contribution in [1.82, 2.24) is 0 Å². The summed E-state index contributed by atoms with van der Waals surface area (Å²) in [4.78, 5) is 34.0. The smallest absolute Gasteiger partial charge is 1.00 e. The van der Waals surface area contributed by atoms with Crippen LogP contribution in [0, 0.1) is 0 Å². The summed E-state index contributed by atoms with van der Waals surface area (Å²) in [6.45, 7) is 0. The number of phenolic OH excluding ortho intramolecular Hbond substituents is 2. The van der Waals surface area contributed by atoms with Crippen LogP contribution in [0.15, 0.2) is 72.8 Å². The van der Waals surface area contributed by atoms with Crippen molar-refractivity contribution in [1.29, 1.82) is 0 Å². The maximum absolute atomic E-state index is 12.4. The Morgan fingerprint density at radius 3 is 1.55 bits per heavy atom. The third-order valence-corrected chi connectivity index (χ3v) is 4.32. The van der Waals surface area contributed by atoms with Gasteiger partial charge in [-0.1, -0.05) is 42.5 Å². The zero-order valence-electron chi connectivity index (χ0n) is 18.8. The minimum Gasteiger partial charge on any atom is -1.00 e. The van der Waals surface area contributed by atoms with E-state index in [1.807, 2.05) is 12.1 Å². The van der Waals surface area contributed by atoms with Gasteiger partial charge in [-0.3, -0.25) is 0 Å². The van der Waals surface area contributed by atoms with Gasteiger partial charge in [0.15, 0.2) is 5.60 Å². The van der Waals surface area contributed by atoms with Crippen molar-refractivity contribution in [3.63, 3.8) is 0 Å². The van der Waals surface area contributed by atoms with E-state index in [1.54, 1.807) is 60.7 Å². The quantitative estimate of drug-likeness (QED) is 0.152. The fraction of sp³-hybridized carbons (Fsp3) is 0.0500. The first-order valence-electron chi connectivity index (χ1n) is 8.31. The summed E-state index contributed by atoms with van der Waals surface area (Å²) in [6.07, 6.45) is 0. The van der Waals surface area contributed by atoms with Gasteiger partial charge in [-0.05, 0) is 30.3 Å². The van der Waals surface area contributed by atoms with Crippen molar-refractivity contribution >= 4 is 13.8 Å². The number of phosphoric acid groups is 1. The van der Waals surface area contributed by atoms with Gasteiger partial charge >= 0.3 is 72.9 Å². The van der Waals surface area contributed by atoms with E-state index in [0.717, 1.165) is 16.7 Å². The molecule has 0 unspecified atom stereocenters. The van der Waals surface area contributed by atoms with E-state index in [1.165, 1.54) is 0 Å². The molecule has 1 aliphatic rings. The fourth-order valence-electron chi connectivity index (χ4n) is 3.20. The molecule has 0 atom stereocenters. The van der Waals surface area contributed by atoms with Crippen LogP contribution in [0.1, 0.15) is 29.9 Å². The summed E-state index contributed by atoms with van der Waals surface area (Å²) < 4.78 is 14.8. The number of fused-ring (bicyclic) bond motifs is 1. The summed E-state index contributed by atoms with van der Waals surface area (Å²) in [5.74, 6) is -0.124. The van der Waals surface area contributed by atoms with Gasteiger partial charge in [0.2, 0.25) is 0 Å². The monoisotopic (exact) mass is 464 g/mol. The van der Waals surface area contributed by atoms with Crippen LogP contribution in [-0.4, -0.2) is 30.9 Å². The Hall–Kier alpha value is -1.16. The number of carbonyl (C=O) groups excluding carboxylic acids is 1. The average Bonchev–Trinajstić information content (AvgIpc) is 2.96. The van der Waals surface area contributed by atoms with E-state index in [4.69, 9.17) is 24.0 Å². The Kier molecular flexibility index (Phi) is 10.00. The summed E-state index contributed by atoms with van der Waals surface area (Å²) in [6, 6.07) is 20.4. The molecular weight excluding hydrogens is 445 g/mol. The molecule has 0 fully saturated rings. The second-order valence-corrected chi connectivity index (χ2v) is 7.25. The number of carbonyl (C=O) groups is 1. The molecule has 0 saturated heterocycles. The Balaban J connectivity index is 0. The molecule has 8 nitrogen and oxygen atoms in total. The van der Waals surface area contributed by atoms with Gasteiger partial charge in [-0.2, -0.15) is 0 Å². The molecule has 0 amide bonds. The van der Waals surface area contributed by atoms with Gasteiger partial charge in [0.05, 0.1) is 5.56 Å². The molecule has 0 radical (unpaired) electrons. The van der Waals surface area contributed by atoms with Gasteiger partial charge in [-0.15, -0.1) is 0 Å². The number of benzene rings is 3. The Morgan fingerprint density at radius 1 is 0.742 bits per heavy atom. The Morgan fingerprint density at radius 2 is 1.13 bits per heavy atom. The molecule has 0 bridgehead atoms. The minimum absolute atomic E-state index is 0. The van der Waals surface area contributed by atoms with E-state index in [-0.39, 0.29) is 73.5 Å². The predicted molar refractivity (Wildman–Crippen MR) is 104 cm³/mol. The fourth-order valence-corrected chi connectivity index (χ4v) is 3.20. The molecule has 1 aliphatic heterocycles. The first kappa shape index (κ1) is 27.9. The number of hydrogen-bond donors (Lipinski definition) is 5. The normalized spacial score (nSPS) is 13.5. The number of aromatic hydroxyl groups is 2. The number of cyclic esters (lactones) is 1. The third-order valence-electron chi connectivity index (χ3n) is 4.32. The maximum atomic E-state index is 12.4. The van der Waals surface area contributed by atoms with Gasteiger partial charge in [0, 0.05) is 16.7 Å². The molecule has 0 saturated carbocycles. The van der Waals surface area contributed by atoms with Crippen LogP contribution in [-0.2, 0) is 14.9 Å². The maximum Gasteiger partial charge on any atom is 1.00 e. The molecule has 4 rings (SSSR count). The van der Waals surface area contributed by atoms with Gasteiger partial charge in [0.1, 0.15) is 11.5 Å². The molecule has 1 heterocycles. The zero-order valence-corrected chi connectivity index (χ0v) is 21.7. The summed E-state index contributed by atoms with van der Waals surface area (Å²) in [5, 5.41) is 19.2. The van der Waals surface area contributed by atoms with Gasteiger partial charge in [-0.25, -0.2) is 9.36 Å². The van der Waals surface area contributed by atoms with Crippen molar-refractivity contribution in [2.75, 3.05) is 0 Å². The number of hydrogen-bond acceptors (Lipinski definition) is 5. The van der Waals surface area contributed by atoms with Crippen molar-refractivity contribution in [2.24, 2.45) is 0 Å². The Labute approximate surface area is 225 Å². The molecule has 0 aliphatic carbocycles. The summed E-state index contributed by atoms with van der Waals surface area (Å²) in [5.41, 5.74) is 1.60. The molecule has 5 N–H and O–H groups in total. The van der Waals surface area contributed by atoms with Crippen LogP contribution in [0.3, 0.4) is 0 Å².